The molecule has 3 aromatic rings. The number of aromatic nitrogens is 3. The van der Waals surface area contributed by atoms with Crippen molar-refractivity contribution in [1.82, 2.24) is 25.4 Å². The topological polar surface area (TPSA) is 80.3 Å². The minimum Gasteiger partial charge on any atom is -0.444 e. The molecule has 0 amide bonds. The summed E-state index contributed by atoms with van der Waals surface area (Å²) in [5, 5.41) is 9.55. The predicted octanol–water partition coefficient (Wildman–Crippen LogP) is 4.28. The normalized spacial score (nSPS) is 11.9. The Bertz CT molecular complexity index is 1010. The average molecular weight is 548 g/mol. The first kappa shape index (κ1) is 24.7. The van der Waals surface area contributed by atoms with Crippen molar-refractivity contribution in [2.45, 2.75) is 33.1 Å². The van der Waals surface area contributed by atoms with Crippen molar-refractivity contribution in [2.75, 3.05) is 6.54 Å². The average Bonchev–Trinajstić information content (AvgIpc) is 3.31. The number of nitrogens with one attached hydrogen (secondary N) is 2. The summed E-state index contributed by atoms with van der Waals surface area (Å²) >= 11 is 0. The Balaban J connectivity index is 0.00000341. The van der Waals surface area contributed by atoms with Gasteiger partial charge >= 0.3 is 6.18 Å². The molecule has 3 rings (SSSR count). The van der Waals surface area contributed by atoms with Crippen molar-refractivity contribution in [3.05, 3.63) is 59.2 Å². The number of alkyl halides is 3. The van der Waals surface area contributed by atoms with Gasteiger partial charge in [-0.25, -0.2) is 9.98 Å². The molecule has 7 nitrogen and oxygen atoms in total. The Labute approximate surface area is 195 Å². The molecule has 2 heterocycles. The number of hydrogen-bond acceptors (Lipinski definition) is 4. The van der Waals surface area contributed by atoms with Crippen LogP contribution in [0.5, 0.6) is 0 Å². The van der Waals surface area contributed by atoms with E-state index in [9.17, 15) is 13.2 Å². The molecule has 0 spiro atoms. The summed E-state index contributed by atoms with van der Waals surface area (Å²) in [4.78, 5) is 8.68. The van der Waals surface area contributed by atoms with E-state index in [1.807, 2.05) is 38.1 Å². The largest absolute Gasteiger partial charge is 0.444 e. The van der Waals surface area contributed by atoms with Crippen molar-refractivity contribution < 1.29 is 17.6 Å². The van der Waals surface area contributed by atoms with Crippen molar-refractivity contribution in [1.29, 1.82) is 0 Å². The van der Waals surface area contributed by atoms with Gasteiger partial charge in [0.25, 0.3) is 0 Å². The third-order valence-corrected chi connectivity index (χ3v) is 4.21. The Morgan fingerprint density at radius 1 is 1.19 bits per heavy atom. The zero-order valence-corrected chi connectivity index (χ0v) is 19.7. The van der Waals surface area contributed by atoms with Gasteiger partial charge in [-0.15, -0.1) is 24.0 Å². The molecule has 11 heteroatoms. The standard InChI is InChI=1S/C20H23F3N6O.HI/c1-4-24-19(25-9-15-11-29(3)28-17(15)20(21,22)23)26-10-16-12-30-18(27-16)14-7-5-13(2)6-8-14;/h5-8,11-12H,4,9-10H2,1-3H3,(H2,24,25,26);1H. The smallest absolute Gasteiger partial charge is 0.435 e. The Hall–Kier alpha value is -2.57. The lowest BCUT2D eigenvalue weighted by Gasteiger charge is -2.10. The first-order valence-electron chi connectivity index (χ1n) is 9.39. The number of oxazole rings is 1. The van der Waals surface area contributed by atoms with Gasteiger partial charge in [-0.1, -0.05) is 17.7 Å². The highest BCUT2D eigenvalue weighted by atomic mass is 127. The summed E-state index contributed by atoms with van der Waals surface area (Å²) in [6, 6.07) is 7.80. The van der Waals surface area contributed by atoms with Crippen LogP contribution in [0.15, 0.2) is 46.1 Å². The van der Waals surface area contributed by atoms with E-state index >= 15 is 0 Å². The molecule has 0 bridgehead atoms. The summed E-state index contributed by atoms with van der Waals surface area (Å²) in [6.07, 6.45) is -1.67. The molecule has 0 radical (unpaired) electrons. The van der Waals surface area contributed by atoms with E-state index in [4.69, 9.17) is 4.42 Å². The quantitative estimate of drug-likeness (QED) is 0.273. The number of rotatable bonds is 6. The second kappa shape index (κ2) is 10.6. The number of benzene rings is 1. The van der Waals surface area contributed by atoms with Gasteiger partial charge < -0.3 is 15.1 Å². The summed E-state index contributed by atoms with van der Waals surface area (Å²) in [5.41, 5.74) is 1.73. The molecule has 31 heavy (non-hydrogen) atoms. The molecular formula is C20H24F3IN6O. The Morgan fingerprint density at radius 3 is 2.55 bits per heavy atom. The predicted molar refractivity (Wildman–Crippen MR) is 122 cm³/mol. The van der Waals surface area contributed by atoms with Crippen LogP contribution in [0, 0.1) is 6.92 Å². The van der Waals surface area contributed by atoms with Crippen molar-refractivity contribution in [2.24, 2.45) is 12.0 Å². The zero-order valence-electron chi connectivity index (χ0n) is 17.3. The molecule has 0 atom stereocenters. The zero-order chi connectivity index (χ0) is 21.7. The van der Waals surface area contributed by atoms with Gasteiger partial charge in [0.1, 0.15) is 6.26 Å². The number of guanidine groups is 1. The third-order valence-electron chi connectivity index (χ3n) is 4.21. The molecule has 168 valence electrons. The molecule has 0 aliphatic carbocycles. The molecule has 1 aromatic carbocycles. The lowest BCUT2D eigenvalue weighted by molar-refractivity contribution is -0.142. The van der Waals surface area contributed by atoms with Gasteiger partial charge in [0, 0.05) is 30.9 Å². The Kier molecular flexibility index (Phi) is 8.48. The minimum absolute atomic E-state index is 0. The van der Waals surface area contributed by atoms with Crippen LogP contribution in [0.4, 0.5) is 13.2 Å². The van der Waals surface area contributed by atoms with E-state index in [1.165, 1.54) is 19.5 Å². The van der Waals surface area contributed by atoms with E-state index < -0.39 is 11.9 Å². The number of aliphatic imine (C=N–C) groups is 1. The fraction of sp³-hybridized carbons (Fsp3) is 0.350. The lowest BCUT2D eigenvalue weighted by atomic mass is 10.1. The molecular weight excluding hydrogens is 524 g/mol. The van der Waals surface area contributed by atoms with E-state index in [2.05, 4.69) is 25.7 Å². The molecule has 0 aliphatic heterocycles. The van der Waals surface area contributed by atoms with Crippen LogP contribution < -0.4 is 10.6 Å². The number of hydrogen-bond donors (Lipinski definition) is 2. The maximum atomic E-state index is 13.1. The summed E-state index contributed by atoms with van der Waals surface area (Å²) in [6.45, 7) is 4.57. The monoisotopic (exact) mass is 548 g/mol. The van der Waals surface area contributed by atoms with Crippen LogP contribution in [0.3, 0.4) is 0 Å². The number of nitrogens with zero attached hydrogens (tertiary/aromatic N) is 4. The maximum Gasteiger partial charge on any atom is 0.435 e. The second-order valence-electron chi connectivity index (χ2n) is 6.73. The van der Waals surface area contributed by atoms with Gasteiger partial charge in [0.15, 0.2) is 11.7 Å². The lowest BCUT2D eigenvalue weighted by Crippen LogP contribution is -2.36. The first-order chi connectivity index (χ1) is 14.3. The fourth-order valence-corrected chi connectivity index (χ4v) is 2.79. The van der Waals surface area contributed by atoms with Gasteiger partial charge in [-0.2, -0.15) is 18.3 Å². The van der Waals surface area contributed by atoms with Crippen LogP contribution in [-0.2, 0) is 26.3 Å². The van der Waals surface area contributed by atoms with E-state index in [0.29, 0.717) is 30.6 Å². The fourth-order valence-electron chi connectivity index (χ4n) is 2.79. The van der Waals surface area contributed by atoms with Crippen LogP contribution >= 0.6 is 24.0 Å². The molecule has 0 saturated carbocycles. The molecule has 0 saturated heterocycles. The molecule has 2 aromatic heterocycles. The summed E-state index contributed by atoms with van der Waals surface area (Å²) in [7, 11) is 1.45. The first-order valence-corrected chi connectivity index (χ1v) is 9.39. The van der Waals surface area contributed by atoms with Crippen LogP contribution in [0.1, 0.15) is 29.4 Å². The van der Waals surface area contributed by atoms with E-state index in [0.717, 1.165) is 15.8 Å². The molecule has 0 unspecified atom stereocenters. The van der Waals surface area contributed by atoms with Gasteiger partial charge in [-0.05, 0) is 26.0 Å². The second-order valence-corrected chi connectivity index (χ2v) is 6.73. The van der Waals surface area contributed by atoms with Crippen LogP contribution in [0.2, 0.25) is 0 Å². The van der Waals surface area contributed by atoms with Gasteiger partial charge in [-0.3, -0.25) is 4.68 Å². The van der Waals surface area contributed by atoms with Crippen molar-refractivity contribution in [3.8, 4) is 11.5 Å². The number of aryl methyl sites for hydroxylation is 2. The highest BCUT2D eigenvalue weighted by Gasteiger charge is 2.36. The van der Waals surface area contributed by atoms with Crippen molar-refractivity contribution in [3.63, 3.8) is 0 Å². The van der Waals surface area contributed by atoms with Gasteiger partial charge in [0.2, 0.25) is 5.89 Å². The van der Waals surface area contributed by atoms with E-state index in [1.54, 1.807) is 0 Å². The Morgan fingerprint density at radius 2 is 1.90 bits per heavy atom. The van der Waals surface area contributed by atoms with Crippen LogP contribution in [0.25, 0.3) is 11.5 Å². The third kappa shape index (κ3) is 6.71. The highest BCUT2D eigenvalue weighted by molar-refractivity contribution is 14.0. The molecule has 0 aliphatic rings. The SMILES string of the molecule is CCNC(=NCc1cn(C)nc1C(F)(F)F)NCc1coc(-c2ccc(C)cc2)n1.I. The summed E-state index contributed by atoms with van der Waals surface area (Å²) < 4.78 is 45.9. The molecule has 2 N–H and O–H groups in total. The van der Waals surface area contributed by atoms with Crippen molar-refractivity contribution >= 4 is 29.9 Å². The molecule has 0 fully saturated rings. The van der Waals surface area contributed by atoms with E-state index in [-0.39, 0.29) is 36.1 Å². The van der Waals surface area contributed by atoms with Crippen LogP contribution in [-0.4, -0.2) is 27.3 Å². The minimum atomic E-state index is -4.52. The number of halogens is 4. The summed E-state index contributed by atoms with van der Waals surface area (Å²) in [5.74, 6) is 0.869. The highest BCUT2D eigenvalue weighted by Crippen LogP contribution is 2.30. The van der Waals surface area contributed by atoms with Gasteiger partial charge in [0.05, 0.1) is 18.8 Å². The maximum absolute atomic E-state index is 13.1.